The molecule has 0 aliphatic carbocycles. The van der Waals surface area contributed by atoms with E-state index in [2.05, 4.69) is 10.4 Å². The number of para-hydroxylation sites is 1. The fraction of sp³-hybridized carbons (Fsp3) is 0.357. The van der Waals surface area contributed by atoms with Crippen molar-refractivity contribution in [3.05, 3.63) is 48.3 Å². The predicted molar refractivity (Wildman–Crippen MR) is 70.7 cm³/mol. The highest BCUT2D eigenvalue weighted by Crippen LogP contribution is 2.32. The summed E-state index contributed by atoms with van der Waals surface area (Å²) in [6, 6.07) is 7.37. The van der Waals surface area contributed by atoms with Crippen molar-refractivity contribution in [1.82, 2.24) is 15.1 Å². The quantitative estimate of drug-likeness (QED) is 0.910. The molecule has 1 aromatic heterocycles. The summed E-state index contributed by atoms with van der Waals surface area (Å²) in [4.78, 5) is 0. The zero-order chi connectivity index (χ0) is 14.6. The fourth-order valence-electron chi connectivity index (χ4n) is 1.92. The third-order valence-electron chi connectivity index (χ3n) is 2.88. The molecule has 0 amide bonds. The van der Waals surface area contributed by atoms with Gasteiger partial charge in [-0.2, -0.15) is 18.3 Å². The molecule has 0 aliphatic rings. The van der Waals surface area contributed by atoms with E-state index in [1.165, 1.54) is 17.1 Å². The van der Waals surface area contributed by atoms with Gasteiger partial charge in [0.15, 0.2) is 0 Å². The highest BCUT2D eigenvalue weighted by atomic mass is 19.4. The Morgan fingerprint density at radius 2 is 1.95 bits per heavy atom. The first-order valence-corrected chi connectivity index (χ1v) is 6.42. The van der Waals surface area contributed by atoms with Crippen LogP contribution in [0.4, 0.5) is 13.2 Å². The van der Waals surface area contributed by atoms with Crippen LogP contribution in [0.15, 0.2) is 42.7 Å². The molecular formula is C14H16F3N3. The van der Waals surface area contributed by atoms with Gasteiger partial charge < -0.3 is 5.32 Å². The number of benzene rings is 1. The first kappa shape index (κ1) is 14.6. The van der Waals surface area contributed by atoms with Crippen LogP contribution in [0.3, 0.4) is 0 Å². The largest absolute Gasteiger partial charge is 0.408 e. The smallest absolute Gasteiger partial charge is 0.302 e. The van der Waals surface area contributed by atoms with Gasteiger partial charge in [-0.3, -0.25) is 0 Å². The fourth-order valence-corrected chi connectivity index (χ4v) is 1.92. The van der Waals surface area contributed by atoms with Gasteiger partial charge in [-0.25, -0.2) is 4.68 Å². The van der Waals surface area contributed by atoms with Crippen LogP contribution in [0.25, 0.3) is 5.69 Å². The molecule has 1 unspecified atom stereocenters. The third-order valence-corrected chi connectivity index (χ3v) is 2.88. The van der Waals surface area contributed by atoms with Gasteiger partial charge in [-0.15, -0.1) is 0 Å². The lowest BCUT2D eigenvalue weighted by molar-refractivity contribution is -0.157. The number of nitrogens with zero attached hydrogens (tertiary/aromatic N) is 2. The van der Waals surface area contributed by atoms with Crippen LogP contribution in [0.2, 0.25) is 0 Å². The van der Waals surface area contributed by atoms with E-state index in [-0.39, 0.29) is 5.56 Å². The minimum absolute atomic E-state index is 0.120. The minimum atomic E-state index is -4.33. The van der Waals surface area contributed by atoms with Crippen LogP contribution in [-0.4, -0.2) is 22.5 Å². The van der Waals surface area contributed by atoms with Gasteiger partial charge in [-0.05, 0) is 25.1 Å². The Bertz CT molecular complexity index is 534. The summed E-state index contributed by atoms with van der Waals surface area (Å²) in [6.45, 7) is 2.13. The third kappa shape index (κ3) is 3.39. The predicted octanol–water partition coefficient (Wildman–Crippen LogP) is 3.48. The second-order valence-electron chi connectivity index (χ2n) is 4.48. The van der Waals surface area contributed by atoms with Gasteiger partial charge in [0.2, 0.25) is 0 Å². The van der Waals surface area contributed by atoms with Crippen molar-refractivity contribution >= 4 is 0 Å². The molecule has 1 aromatic carbocycles. The summed E-state index contributed by atoms with van der Waals surface area (Å²) in [5, 5.41) is 6.52. The van der Waals surface area contributed by atoms with Crippen molar-refractivity contribution in [2.24, 2.45) is 0 Å². The molecule has 0 bridgehead atoms. The molecule has 20 heavy (non-hydrogen) atoms. The van der Waals surface area contributed by atoms with E-state index >= 15 is 0 Å². The molecule has 0 aliphatic heterocycles. The molecule has 0 saturated heterocycles. The Morgan fingerprint density at radius 3 is 2.55 bits per heavy atom. The second-order valence-corrected chi connectivity index (χ2v) is 4.48. The van der Waals surface area contributed by atoms with E-state index in [0.29, 0.717) is 13.0 Å². The Morgan fingerprint density at radius 1 is 1.25 bits per heavy atom. The molecule has 0 spiro atoms. The topological polar surface area (TPSA) is 29.9 Å². The van der Waals surface area contributed by atoms with Gasteiger partial charge >= 0.3 is 6.18 Å². The number of hydrogen-bond acceptors (Lipinski definition) is 2. The maximum Gasteiger partial charge on any atom is 0.408 e. The molecule has 2 rings (SSSR count). The number of aromatic nitrogens is 2. The van der Waals surface area contributed by atoms with Crippen LogP contribution in [0, 0.1) is 0 Å². The van der Waals surface area contributed by atoms with Crippen molar-refractivity contribution in [2.75, 3.05) is 6.54 Å². The van der Waals surface area contributed by atoms with Gasteiger partial charge in [0.1, 0.15) is 6.04 Å². The van der Waals surface area contributed by atoms with Crippen molar-refractivity contribution in [2.45, 2.75) is 25.6 Å². The van der Waals surface area contributed by atoms with Crippen LogP contribution in [-0.2, 0) is 0 Å². The zero-order valence-corrected chi connectivity index (χ0v) is 11.1. The SMILES string of the molecule is CCCNC(c1cnn(-c2ccccc2)c1)C(F)(F)F. The molecule has 108 valence electrons. The normalized spacial score (nSPS) is 13.4. The van der Waals surface area contributed by atoms with E-state index in [4.69, 9.17) is 0 Å². The Kier molecular flexibility index (Phi) is 4.44. The van der Waals surface area contributed by atoms with E-state index in [1.807, 2.05) is 25.1 Å². The molecule has 0 saturated carbocycles. The summed E-state index contributed by atoms with van der Waals surface area (Å²) < 4.78 is 40.6. The second kappa shape index (κ2) is 6.09. The number of hydrogen-bond donors (Lipinski definition) is 1. The molecule has 0 fully saturated rings. The van der Waals surface area contributed by atoms with Crippen molar-refractivity contribution < 1.29 is 13.2 Å². The summed E-state index contributed by atoms with van der Waals surface area (Å²) in [6.07, 6.45) is -1.02. The number of nitrogens with one attached hydrogen (secondary N) is 1. The Labute approximate surface area is 115 Å². The highest BCUT2D eigenvalue weighted by Gasteiger charge is 2.41. The molecular weight excluding hydrogens is 267 g/mol. The zero-order valence-electron chi connectivity index (χ0n) is 11.1. The maximum atomic E-state index is 13.0. The average Bonchev–Trinajstić information content (AvgIpc) is 2.88. The molecule has 1 heterocycles. The van der Waals surface area contributed by atoms with Crippen molar-refractivity contribution in [3.8, 4) is 5.69 Å². The average molecular weight is 283 g/mol. The van der Waals surface area contributed by atoms with Gasteiger partial charge in [0.25, 0.3) is 0 Å². The molecule has 0 radical (unpaired) electrons. The molecule has 1 atom stereocenters. The maximum absolute atomic E-state index is 13.0. The lowest BCUT2D eigenvalue weighted by Gasteiger charge is -2.20. The Balaban J connectivity index is 2.25. The number of rotatable bonds is 5. The minimum Gasteiger partial charge on any atom is -0.302 e. The van der Waals surface area contributed by atoms with E-state index < -0.39 is 12.2 Å². The summed E-state index contributed by atoms with van der Waals surface area (Å²) in [5.41, 5.74) is 0.852. The van der Waals surface area contributed by atoms with Gasteiger partial charge in [0, 0.05) is 11.8 Å². The summed E-state index contributed by atoms with van der Waals surface area (Å²) in [5.74, 6) is 0. The van der Waals surface area contributed by atoms with Crippen molar-refractivity contribution in [3.63, 3.8) is 0 Å². The van der Waals surface area contributed by atoms with E-state index in [1.54, 1.807) is 12.1 Å². The van der Waals surface area contributed by atoms with Crippen LogP contribution < -0.4 is 5.32 Å². The first-order chi connectivity index (χ1) is 9.52. The van der Waals surface area contributed by atoms with Crippen LogP contribution >= 0.6 is 0 Å². The number of alkyl halides is 3. The van der Waals surface area contributed by atoms with Crippen LogP contribution in [0.1, 0.15) is 24.9 Å². The highest BCUT2D eigenvalue weighted by molar-refractivity contribution is 5.31. The molecule has 2 aromatic rings. The van der Waals surface area contributed by atoms with Gasteiger partial charge in [0.05, 0.1) is 11.9 Å². The monoisotopic (exact) mass is 283 g/mol. The van der Waals surface area contributed by atoms with Gasteiger partial charge in [-0.1, -0.05) is 25.1 Å². The van der Waals surface area contributed by atoms with E-state index in [9.17, 15) is 13.2 Å². The molecule has 1 N–H and O–H groups in total. The molecule has 6 heteroatoms. The van der Waals surface area contributed by atoms with Crippen LogP contribution in [0.5, 0.6) is 0 Å². The molecule has 3 nitrogen and oxygen atoms in total. The van der Waals surface area contributed by atoms with E-state index in [0.717, 1.165) is 5.69 Å². The Hall–Kier alpha value is -1.82. The summed E-state index contributed by atoms with van der Waals surface area (Å²) >= 11 is 0. The standard InChI is InChI=1S/C14H16F3N3/c1-2-8-18-13(14(15,16)17)11-9-19-20(10-11)12-6-4-3-5-7-12/h3-7,9-10,13,18H,2,8H2,1H3. The van der Waals surface area contributed by atoms with Crippen molar-refractivity contribution in [1.29, 1.82) is 0 Å². The summed E-state index contributed by atoms with van der Waals surface area (Å²) in [7, 11) is 0. The number of halogens is 3. The first-order valence-electron chi connectivity index (χ1n) is 6.42. The lowest BCUT2D eigenvalue weighted by Crippen LogP contribution is -2.34. The lowest BCUT2D eigenvalue weighted by atomic mass is 10.1.